The highest BCUT2D eigenvalue weighted by Crippen LogP contribution is 2.39. The molecule has 3 saturated heterocycles. The van der Waals surface area contributed by atoms with Gasteiger partial charge in [-0.25, -0.2) is 0 Å². The molecule has 1 atom stereocenters. The predicted octanol–water partition coefficient (Wildman–Crippen LogP) is 4.03. The van der Waals surface area contributed by atoms with E-state index in [9.17, 15) is 10.1 Å². The van der Waals surface area contributed by atoms with Crippen LogP contribution < -0.4 is 5.32 Å². The molecule has 3 aliphatic rings. The van der Waals surface area contributed by atoms with Gasteiger partial charge in [0, 0.05) is 11.6 Å². The first-order chi connectivity index (χ1) is 11.9. The lowest BCUT2D eigenvalue weighted by Gasteiger charge is -2.56. The molecular formula is C19H20ClN3OS. The monoisotopic (exact) mass is 373 g/mol. The lowest BCUT2D eigenvalue weighted by Crippen LogP contribution is -2.69. The second-order valence-electron chi connectivity index (χ2n) is 7.49. The zero-order valence-corrected chi connectivity index (χ0v) is 15.9. The van der Waals surface area contributed by atoms with E-state index in [0.717, 1.165) is 36.0 Å². The smallest absolute Gasteiger partial charge is 0.261 e. The zero-order valence-electron chi connectivity index (χ0n) is 14.3. The molecule has 3 fully saturated rings. The first kappa shape index (κ1) is 16.8. The predicted molar refractivity (Wildman–Crippen MR) is 101 cm³/mol. The minimum atomic E-state index is -0.0481. The zero-order chi connectivity index (χ0) is 17.8. The molecule has 1 amide bonds. The van der Waals surface area contributed by atoms with E-state index in [-0.39, 0.29) is 17.5 Å². The molecule has 1 aromatic heterocycles. The molecule has 1 N–H and O–H groups in total. The van der Waals surface area contributed by atoms with Gasteiger partial charge in [-0.15, -0.1) is 11.3 Å². The average molecular weight is 374 g/mol. The molecule has 130 valence electrons. The normalized spacial score (nSPS) is 27.2. The standard InChI is InChI=1S/C19H20ClN3OS/c1-19(2)17(11-5-7-23(19)8-6-11)22-18(24)15-9-12-3-4-14(20)13(10-21)16(12)25-15/h3-4,9,11,17H,5-8H2,1-2H3,(H,22,24)/t17-/m0/s1. The largest absolute Gasteiger partial charge is 0.346 e. The van der Waals surface area contributed by atoms with Gasteiger partial charge in [-0.3, -0.25) is 9.69 Å². The second kappa shape index (κ2) is 5.98. The Morgan fingerprint density at radius 3 is 2.76 bits per heavy atom. The molecule has 0 radical (unpaired) electrons. The van der Waals surface area contributed by atoms with Gasteiger partial charge >= 0.3 is 0 Å². The van der Waals surface area contributed by atoms with Crippen molar-refractivity contribution in [2.24, 2.45) is 5.92 Å². The number of rotatable bonds is 2. The van der Waals surface area contributed by atoms with Crippen molar-refractivity contribution in [2.75, 3.05) is 13.1 Å². The third-order valence-corrected chi connectivity index (χ3v) is 7.33. The number of nitrogens with zero attached hydrogens (tertiary/aromatic N) is 2. The van der Waals surface area contributed by atoms with Crippen LogP contribution in [0.1, 0.15) is 41.9 Å². The summed E-state index contributed by atoms with van der Waals surface area (Å²) in [6.45, 7) is 6.69. The number of piperidine rings is 3. The summed E-state index contributed by atoms with van der Waals surface area (Å²) in [5, 5.41) is 13.9. The van der Waals surface area contributed by atoms with E-state index in [1.54, 1.807) is 6.07 Å². The van der Waals surface area contributed by atoms with Crippen molar-refractivity contribution < 1.29 is 4.79 Å². The Bertz CT molecular complexity index is 890. The molecule has 1 aromatic carbocycles. The summed E-state index contributed by atoms with van der Waals surface area (Å²) in [7, 11) is 0. The summed E-state index contributed by atoms with van der Waals surface area (Å²) in [5.41, 5.74) is 0.431. The van der Waals surface area contributed by atoms with Gasteiger partial charge in [0.25, 0.3) is 5.91 Å². The topological polar surface area (TPSA) is 56.1 Å². The molecule has 4 nitrogen and oxygen atoms in total. The average Bonchev–Trinajstić information content (AvgIpc) is 3.02. The van der Waals surface area contributed by atoms with Gasteiger partial charge in [0.15, 0.2) is 0 Å². The molecule has 0 aliphatic carbocycles. The van der Waals surface area contributed by atoms with Crippen molar-refractivity contribution in [1.29, 1.82) is 5.26 Å². The first-order valence-electron chi connectivity index (χ1n) is 8.60. The fourth-order valence-corrected chi connectivity index (χ4v) is 5.70. The molecule has 25 heavy (non-hydrogen) atoms. The van der Waals surface area contributed by atoms with E-state index in [0.29, 0.717) is 21.4 Å². The Balaban J connectivity index is 1.64. The summed E-state index contributed by atoms with van der Waals surface area (Å²) in [4.78, 5) is 16.0. The molecule has 0 spiro atoms. The maximum atomic E-state index is 12.9. The number of nitriles is 1. The van der Waals surface area contributed by atoms with Crippen LogP contribution in [-0.2, 0) is 0 Å². The van der Waals surface area contributed by atoms with Gasteiger partial charge in [-0.05, 0) is 63.2 Å². The number of thiophene rings is 1. The molecule has 2 bridgehead atoms. The van der Waals surface area contributed by atoms with Crippen LogP contribution in [0.3, 0.4) is 0 Å². The van der Waals surface area contributed by atoms with Gasteiger partial charge in [0.05, 0.1) is 20.2 Å². The minimum Gasteiger partial charge on any atom is -0.346 e. The number of halogens is 1. The highest BCUT2D eigenvalue weighted by Gasteiger charge is 2.48. The van der Waals surface area contributed by atoms with E-state index in [4.69, 9.17) is 11.6 Å². The van der Waals surface area contributed by atoms with Crippen LogP contribution in [0.15, 0.2) is 18.2 Å². The molecule has 2 aromatic rings. The van der Waals surface area contributed by atoms with Crippen LogP contribution in [0, 0.1) is 17.2 Å². The van der Waals surface area contributed by atoms with Crippen molar-refractivity contribution in [3.05, 3.63) is 33.7 Å². The molecule has 0 saturated carbocycles. The second-order valence-corrected chi connectivity index (χ2v) is 8.95. The van der Waals surface area contributed by atoms with Gasteiger partial charge in [0.2, 0.25) is 0 Å². The molecule has 0 unspecified atom stereocenters. The van der Waals surface area contributed by atoms with Crippen molar-refractivity contribution in [2.45, 2.75) is 38.3 Å². The summed E-state index contributed by atoms with van der Waals surface area (Å²) < 4.78 is 0.785. The van der Waals surface area contributed by atoms with E-state index in [1.807, 2.05) is 12.1 Å². The first-order valence-corrected chi connectivity index (χ1v) is 9.79. The Labute approximate surface area is 156 Å². The molecule has 4 heterocycles. The lowest BCUT2D eigenvalue weighted by atomic mass is 9.72. The number of hydrogen-bond donors (Lipinski definition) is 1. The maximum absolute atomic E-state index is 12.9. The summed E-state index contributed by atoms with van der Waals surface area (Å²) >= 11 is 7.45. The lowest BCUT2D eigenvalue weighted by molar-refractivity contribution is -0.0377. The molecule has 6 heteroatoms. The van der Waals surface area contributed by atoms with Gasteiger partial charge < -0.3 is 5.32 Å². The van der Waals surface area contributed by atoms with Crippen LogP contribution >= 0.6 is 22.9 Å². The summed E-state index contributed by atoms with van der Waals surface area (Å²) in [6.07, 6.45) is 2.30. The quantitative estimate of drug-likeness (QED) is 0.864. The van der Waals surface area contributed by atoms with Crippen LogP contribution in [0.5, 0.6) is 0 Å². The Hall–Kier alpha value is -1.61. The number of hydrogen-bond acceptors (Lipinski definition) is 4. The highest BCUT2D eigenvalue weighted by atomic mass is 35.5. The van der Waals surface area contributed by atoms with Crippen molar-refractivity contribution >= 4 is 38.9 Å². The Kier molecular flexibility index (Phi) is 4.03. The number of nitrogens with one attached hydrogen (secondary N) is 1. The van der Waals surface area contributed by atoms with Crippen molar-refractivity contribution in [3.63, 3.8) is 0 Å². The highest BCUT2D eigenvalue weighted by molar-refractivity contribution is 7.21. The minimum absolute atomic E-state index is 0.0192. The molecule has 3 aliphatic heterocycles. The number of fused-ring (bicyclic) bond motifs is 4. The van der Waals surface area contributed by atoms with Gasteiger partial charge in [-0.2, -0.15) is 5.26 Å². The van der Waals surface area contributed by atoms with Gasteiger partial charge in [0.1, 0.15) is 6.07 Å². The van der Waals surface area contributed by atoms with Gasteiger partial charge in [-0.1, -0.05) is 17.7 Å². The van der Waals surface area contributed by atoms with Crippen LogP contribution in [-0.4, -0.2) is 35.5 Å². The number of carbonyl (C=O) groups excluding carboxylic acids is 1. The number of amides is 1. The number of benzene rings is 1. The van der Waals surface area contributed by atoms with E-state index >= 15 is 0 Å². The Morgan fingerprint density at radius 2 is 2.12 bits per heavy atom. The van der Waals surface area contributed by atoms with E-state index < -0.39 is 0 Å². The van der Waals surface area contributed by atoms with Crippen LogP contribution in [0.2, 0.25) is 5.02 Å². The number of carbonyl (C=O) groups is 1. The van der Waals surface area contributed by atoms with E-state index in [1.165, 1.54) is 11.3 Å². The third-order valence-electron chi connectivity index (χ3n) is 5.85. The fraction of sp³-hybridized carbons (Fsp3) is 0.474. The Morgan fingerprint density at radius 1 is 1.40 bits per heavy atom. The summed E-state index contributed by atoms with van der Waals surface area (Å²) in [6, 6.07) is 7.75. The van der Waals surface area contributed by atoms with Crippen molar-refractivity contribution in [1.82, 2.24) is 10.2 Å². The summed E-state index contributed by atoms with van der Waals surface area (Å²) in [5.74, 6) is 0.496. The maximum Gasteiger partial charge on any atom is 0.261 e. The molecule has 5 rings (SSSR count). The van der Waals surface area contributed by atoms with Crippen LogP contribution in [0.25, 0.3) is 10.1 Å². The third kappa shape index (κ3) is 2.64. The molecular weight excluding hydrogens is 354 g/mol. The van der Waals surface area contributed by atoms with Crippen molar-refractivity contribution in [3.8, 4) is 6.07 Å². The van der Waals surface area contributed by atoms with Crippen LogP contribution in [0.4, 0.5) is 0 Å². The van der Waals surface area contributed by atoms with E-state index in [2.05, 4.69) is 30.1 Å². The fourth-order valence-electron chi connectivity index (χ4n) is 4.38. The SMILES string of the molecule is CC1(C)[C@@H](NC(=O)c2cc3ccc(Cl)c(C#N)c3s2)C2CCN1CC2.